The summed E-state index contributed by atoms with van der Waals surface area (Å²) in [5.74, 6) is -1.62. The summed E-state index contributed by atoms with van der Waals surface area (Å²) in [6.45, 7) is 0. The Morgan fingerprint density at radius 3 is 2.45 bits per heavy atom. The van der Waals surface area contributed by atoms with Crippen molar-refractivity contribution in [2.75, 3.05) is 4.90 Å². The highest BCUT2D eigenvalue weighted by atomic mass is 19.1. The van der Waals surface area contributed by atoms with Crippen molar-refractivity contribution in [3.8, 4) is 0 Å². The van der Waals surface area contributed by atoms with E-state index in [0.29, 0.717) is 42.7 Å². The fourth-order valence-electron chi connectivity index (χ4n) is 4.82. The van der Waals surface area contributed by atoms with Crippen molar-refractivity contribution in [2.24, 2.45) is 0 Å². The number of halogens is 2. The lowest BCUT2D eigenvalue weighted by molar-refractivity contribution is -0.137. The summed E-state index contributed by atoms with van der Waals surface area (Å²) in [6, 6.07) is 13.8. The monoisotopic (exact) mass is 516 g/mol. The minimum atomic E-state index is -0.841. The Hall–Kier alpha value is -4.33. The molecular formula is C30H26F2N2O4. The van der Waals surface area contributed by atoms with E-state index < -0.39 is 11.9 Å². The summed E-state index contributed by atoms with van der Waals surface area (Å²) in [5, 5.41) is 13.1. The van der Waals surface area contributed by atoms with Crippen LogP contribution in [0.3, 0.4) is 0 Å². The molecule has 3 aromatic rings. The summed E-state index contributed by atoms with van der Waals surface area (Å²) in [4.78, 5) is 26.5. The Morgan fingerprint density at radius 1 is 1.03 bits per heavy atom. The fourth-order valence-corrected chi connectivity index (χ4v) is 4.82. The van der Waals surface area contributed by atoms with Crippen LogP contribution >= 0.6 is 0 Å². The van der Waals surface area contributed by atoms with Gasteiger partial charge in [-0.2, -0.15) is 0 Å². The maximum absolute atomic E-state index is 13.6. The van der Waals surface area contributed by atoms with Gasteiger partial charge in [-0.05, 0) is 54.8 Å². The molecule has 2 heterocycles. The number of anilines is 1. The number of rotatable bonds is 9. The van der Waals surface area contributed by atoms with E-state index >= 15 is 0 Å². The molecule has 0 saturated carbocycles. The molecule has 2 atom stereocenters. The van der Waals surface area contributed by atoms with Crippen LogP contribution in [-0.2, 0) is 16.0 Å². The second-order valence-electron chi connectivity index (χ2n) is 9.48. The van der Waals surface area contributed by atoms with Crippen molar-refractivity contribution in [3.05, 3.63) is 119 Å². The summed E-state index contributed by atoms with van der Waals surface area (Å²) in [6.07, 6.45) is 9.79. The zero-order valence-electron chi connectivity index (χ0n) is 20.5. The molecule has 2 unspecified atom stereocenters. The highest BCUT2D eigenvalue weighted by molar-refractivity contribution is 6.07. The number of carbonyl (C=O) groups is 2. The molecule has 0 bridgehead atoms. The molecule has 0 spiro atoms. The van der Waals surface area contributed by atoms with Gasteiger partial charge >= 0.3 is 5.97 Å². The number of carboxylic acids is 1. The van der Waals surface area contributed by atoms with Gasteiger partial charge in [0.15, 0.2) is 5.78 Å². The zero-order chi connectivity index (χ0) is 26.6. The van der Waals surface area contributed by atoms with Crippen molar-refractivity contribution in [1.82, 2.24) is 5.16 Å². The average Bonchev–Trinajstić information content (AvgIpc) is 3.36. The van der Waals surface area contributed by atoms with E-state index in [2.05, 4.69) is 5.16 Å². The van der Waals surface area contributed by atoms with Crippen molar-refractivity contribution >= 4 is 17.4 Å². The van der Waals surface area contributed by atoms with Gasteiger partial charge in [0.25, 0.3) is 0 Å². The number of carbonyl (C=O) groups excluding carboxylic acids is 1. The van der Waals surface area contributed by atoms with Gasteiger partial charge in [0, 0.05) is 41.9 Å². The van der Waals surface area contributed by atoms with Crippen LogP contribution in [0.15, 0.2) is 94.7 Å². The van der Waals surface area contributed by atoms with Gasteiger partial charge in [-0.3, -0.25) is 9.59 Å². The van der Waals surface area contributed by atoms with Gasteiger partial charge in [0.1, 0.15) is 17.4 Å². The van der Waals surface area contributed by atoms with Crippen molar-refractivity contribution < 1.29 is 28.0 Å². The second kappa shape index (κ2) is 11.0. The SMILES string of the molecule is O=C(O)CCCCC1C=C2C(=O)C(c3cc(Cc4ccc(F)cc4)on3)C=CC2=CN1c1ccc(F)cc1. The molecule has 0 fully saturated rings. The predicted molar refractivity (Wildman–Crippen MR) is 138 cm³/mol. The van der Waals surface area contributed by atoms with Gasteiger partial charge < -0.3 is 14.5 Å². The van der Waals surface area contributed by atoms with Gasteiger partial charge in [-0.15, -0.1) is 0 Å². The molecular weight excluding hydrogens is 490 g/mol. The largest absolute Gasteiger partial charge is 0.481 e. The third-order valence-electron chi connectivity index (χ3n) is 6.77. The standard InChI is InChI=1S/C30H26F2N2O4/c31-21-8-5-19(6-9-21)15-25-17-28(33-38-25)26-14-7-20-18-34(23-12-10-22(32)11-13-23)24(16-27(20)30(26)37)3-1-2-4-29(35)36/h5-14,16-18,24,26H,1-4,15H2,(H,35,36). The summed E-state index contributed by atoms with van der Waals surface area (Å²) in [5.41, 5.74) is 3.46. The summed E-state index contributed by atoms with van der Waals surface area (Å²) >= 11 is 0. The number of hydrogen-bond donors (Lipinski definition) is 1. The van der Waals surface area contributed by atoms with Gasteiger partial charge in [0.2, 0.25) is 0 Å². The lowest BCUT2D eigenvalue weighted by atomic mass is 9.82. The average molecular weight is 517 g/mol. The topological polar surface area (TPSA) is 83.6 Å². The molecule has 1 aliphatic heterocycles. The van der Waals surface area contributed by atoms with E-state index in [4.69, 9.17) is 9.63 Å². The first-order valence-corrected chi connectivity index (χ1v) is 12.5. The molecule has 6 nitrogen and oxygen atoms in total. The third-order valence-corrected chi connectivity index (χ3v) is 6.77. The van der Waals surface area contributed by atoms with E-state index in [1.54, 1.807) is 36.4 Å². The van der Waals surface area contributed by atoms with Crippen molar-refractivity contribution in [3.63, 3.8) is 0 Å². The molecule has 2 aliphatic rings. The van der Waals surface area contributed by atoms with E-state index in [0.717, 1.165) is 16.8 Å². The molecule has 5 rings (SSSR count). The molecule has 194 valence electrons. The normalized spacial score (nSPS) is 18.7. The smallest absolute Gasteiger partial charge is 0.303 e. The molecule has 1 aliphatic carbocycles. The Balaban J connectivity index is 1.38. The lowest BCUT2D eigenvalue weighted by Crippen LogP contribution is -2.35. The number of fused-ring (bicyclic) bond motifs is 1. The highest BCUT2D eigenvalue weighted by Gasteiger charge is 2.33. The molecule has 0 saturated heterocycles. The Labute approximate surface area is 218 Å². The Kier molecular flexibility index (Phi) is 7.31. The first-order chi connectivity index (χ1) is 18.4. The van der Waals surface area contributed by atoms with Crippen LogP contribution in [0.1, 0.15) is 48.6 Å². The van der Waals surface area contributed by atoms with Crippen LogP contribution in [0.25, 0.3) is 0 Å². The molecule has 1 aromatic heterocycles. The zero-order valence-corrected chi connectivity index (χ0v) is 20.5. The molecule has 1 N–H and O–H groups in total. The minimum Gasteiger partial charge on any atom is -0.481 e. The Bertz CT molecular complexity index is 1420. The minimum absolute atomic E-state index is 0.0804. The van der Waals surface area contributed by atoms with E-state index in [9.17, 15) is 18.4 Å². The third kappa shape index (κ3) is 5.64. The molecule has 2 aromatic carbocycles. The second-order valence-corrected chi connectivity index (χ2v) is 9.48. The number of Topliss-reactive ketones (excluding diaryl/α,β-unsaturated/α-hetero) is 1. The maximum Gasteiger partial charge on any atom is 0.303 e. The van der Waals surface area contributed by atoms with E-state index in [1.165, 1.54) is 24.3 Å². The highest BCUT2D eigenvalue weighted by Crippen LogP contribution is 2.37. The number of benzene rings is 2. The number of hydrogen-bond acceptors (Lipinski definition) is 5. The van der Waals surface area contributed by atoms with Crippen LogP contribution in [-0.4, -0.2) is 28.1 Å². The predicted octanol–water partition coefficient (Wildman–Crippen LogP) is 6.11. The molecule has 0 radical (unpaired) electrons. The number of allylic oxidation sites excluding steroid dienone is 4. The van der Waals surface area contributed by atoms with Crippen LogP contribution in [0, 0.1) is 11.6 Å². The fraction of sp³-hybridized carbons (Fsp3) is 0.233. The summed E-state index contributed by atoms with van der Waals surface area (Å²) < 4.78 is 32.2. The number of ketones is 1. The number of nitrogens with zero attached hydrogens (tertiary/aromatic N) is 2. The van der Waals surface area contributed by atoms with Crippen molar-refractivity contribution in [1.29, 1.82) is 0 Å². The van der Waals surface area contributed by atoms with Crippen LogP contribution in [0.2, 0.25) is 0 Å². The van der Waals surface area contributed by atoms with Crippen LogP contribution in [0.4, 0.5) is 14.5 Å². The van der Waals surface area contributed by atoms with Gasteiger partial charge in [-0.1, -0.05) is 41.9 Å². The number of carboxylic acid groups (broad SMARTS) is 1. The van der Waals surface area contributed by atoms with E-state index in [1.807, 2.05) is 23.3 Å². The van der Waals surface area contributed by atoms with E-state index in [-0.39, 0.29) is 29.9 Å². The van der Waals surface area contributed by atoms with Gasteiger partial charge in [0.05, 0.1) is 17.7 Å². The number of aromatic nitrogens is 1. The lowest BCUT2D eigenvalue weighted by Gasteiger charge is -2.35. The van der Waals surface area contributed by atoms with Crippen LogP contribution < -0.4 is 4.90 Å². The first-order valence-electron chi connectivity index (χ1n) is 12.5. The number of unbranched alkanes of at least 4 members (excludes halogenated alkanes) is 1. The Morgan fingerprint density at radius 2 is 1.74 bits per heavy atom. The van der Waals surface area contributed by atoms with Crippen LogP contribution in [0.5, 0.6) is 0 Å². The first kappa shape index (κ1) is 25.3. The molecule has 0 amide bonds. The number of aliphatic carboxylic acids is 1. The maximum atomic E-state index is 13.6. The molecule has 8 heteroatoms. The molecule has 38 heavy (non-hydrogen) atoms. The summed E-state index contributed by atoms with van der Waals surface area (Å²) in [7, 11) is 0. The van der Waals surface area contributed by atoms with Crippen molar-refractivity contribution in [2.45, 2.75) is 44.1 Å². The van der Waals surface area contributed by atoms with Gasteiger partial charge in [-0.25, -0.2) is 8.78 Å². The quantitative estimate of drug-likeness (QED) is 0.346.